The van der Waals surface area contributed by atoms with Crippen molar-refractivity contribution in [3.05, 3.63) is 24.0 Å². The van der Waals surface area contributed by atoms with Crippen molar-refractivity contribution in [2.24, 2.45) is 5.41 Å². The monoisotopic (exact) mass is 267 g/mol. The molecule has 2 rings (SSSR count). The number of aliphatic hydroxyl groups is 1. The van der Waals surface area contributed by atoms with Crippen LogP contribution >= 0.6 is 0 Å². The van der Waals surface area contributed by atoms with E-state index in [0.717, 1.165) is 0 Å². The largest absolute Gasteiger partial charge is 0.491 e. The fourth-order valence-electron chi connectivity index (χ4n) is 2.03. The normalized spacial score (nSPS) is 16.0. The van der Waals surface area contributed by atoms with Crippen LogP contribution in [0.25, 0.3) is 0 Å². The predicted molar refractivity (Wildman–Crippen MR) is 69.7 cm³/mol. The van der Waals surface area contributed by atoms with E-state index >= 15 is 0 Å². The highest BCUT2D eigenvalue weighted by Gasteiger charge is 2.50. The van der Waals surface area contributed by atoms with Crippen LogP contribution in [0.5, 0.6) is 5.75 Å². The highest BCUT2D eigenvalue weighted by molar-refractivity contribution is 5.99. The second-order valence-electron chi connectivity index (χ2n) is 4.85. The van der Waals surface area contributed by atoms with Gasteiger partial charge in [-0.3, -0.25) is 4.79 Å². The van der Waals surface area contributed by atoms with Gasteiger partial charge in [-0.2, -0.15) is 0 Å². The first kappa shape index (κ1) is 13.8. The Morgan fingerprint density at radius 2 is 2.21 bits per heavy atom. The van der Waals surface area contributed by atoms with E-state index in [4.69, 9.17) is 4.74 Å². The van der Waals surface area contributed by atoms with Crippen LogP contribution < -0.4 is 9.64 Å². The molecule has 0 aliphatic heterocycles. The van der Waals surface area contributed by atoms with Gasteiger partial charge in [0.05, 0.1) is 18.6 Å². The number of carbonyl (C=O) groups is 1. The molecule has 1 amide bonds. The smallest absolute Gasteiger partial charge is 0.235 e. The molecule has 0 saturated heterocycles. The molecule has 1 fully saturated rings. The molecule has 1 aliphatic carbocycles. The Hall–Kier alpha value is -1.62. The lowest BCUT2D eigenvalue weighted by Gasteiger charge is -2.22. The number of halogens is 1. The third-order valence-corrected chi connectivity index (χ3v) is 3.52. The summed E-state index contributed by atoms with van der Waals surface area (Å²) in [5, 5.41) is 9.25. The summed E-state index contributed by atoms with van der Waals surface area (Å²) in [5.41, 5.74) is -0.185. The van der Waals surface area contributed by atoms with E-state index < -0.39 is 11.2 Å². The average Bonchev–Trinajstić information content (AvgIpc) is 3.20. The average molecular weight is 267 g/mol. The van der Waals surface area contributed by atoms with Gasteiger partial charge < -0.3 is 14.7 Å². The van der Waals surface area contributed by atoms with Crippen molar-refractivity contribution in [3.8, 4) is 5.75 Å². The molecule has 0 atom stereocenters. The number of nitrogens with zero attached hydrogens (tertiary/aromatic N) is 1. The molecule has 104 valence electrons. The first-order valence-corrected chi connectivity index (χ1v) is 6.35. The molecular weight excluding hydrogens is 249 g/mol. The van der Waals surface area contributed by atoms with Gasteiger partial charge in [0, 0.05) is 18.8 Å². The van der Waals surface area contributed by atoms with Crippen LogP contribution in [0.15, 0.2) is 18.2 Å². The predicted octanol–water partition coefficient (Wildman–Crippen LogP) is 1.96. The first-order valence-electron chi connectivity index (χ1n) is 6.35. The summed E-state index contributed by atoms with van der Waals surface area (Å²) < 4.78 is 18.9. The molecule has 0 radical (unpaired) electrons. The molecule has 5 heteroatoms. The minimum atomic E-state index is -0.649. The Labute approximate surface area is 111 Å². The zero-order chi connectivity index (χ0) is 14.0. The number of hydrogen-bond acceptors (Lipinski definition) is 3. The standard InChI is InChI=1S/C14H18FNO3/c1-3-19-12-5-4-10(8-11(12)15)16(2)13(18)14(9-17)6-7-14/h4-5,8,17H,3,6-7,9H2,1-2H3. The second-order valence-corrected chi connectivity index (χ2v) is 4.85. The van der Waals surface area contributed by atoms with Crippen LogP contribution in [0.4, 0.5) is 10.1 Å². The molecule has 0 aromatic heterocycles. The van der Waals surface area contributed by atoms with Gasteiger partial charge in [-0.25, -0.2) is 4.39 Å². The van der Waals surface area contributed by atoms with Crippen molar-refractivity contribution in [2.45, 2.75) is 19.8 Å². The summed E-state index contributed by atoms with van der Waals surface area (Å²) in [5.74, 6) is -0.484. The molecule has 1 aromatic rings. The third-order valence-electron chi connectivity index (χ3n) is 3.52. The summed E-state index contributed by atoms with van der Waals surface area (Å²) in [4.78, 5) is 13.6. The van der Waals surface area contributed by atoms with Crippen molar-refractivity contribution in [2.75, 3.05) is 25.2 Å². The number of aliphatic hydroxyl groups excluding tert-OH is 1. The summed E-state index contributed by atoms with van der Waals surface area (Å²) in [7, 11) is 1.59. The molecule has 1 saturated carbocycles. The molecule has 0 unspecified atom stereocenters. The topological polar surface area (TPSA) is 49.8 Å². The van der Waals surface area contributed by atoms with Crippen molar-refractivity contribution >= 4 is 11.6 Å². The molecule has 0 spiro atoms. The van der Waals surface area contributed by atoms with Gasteiger partial charge >= 0.3 is 0 Å². The number of carbonyl (C=O) groups excluding carboxylic acids is 1. The maximum atomic E-state index is 13.7. The van der Waals surface area contributed by atoms with Crippen LogP contribution in [0.1, 0.15) is 19.8 Å². The molecule has 4 nitrogen and oxygen atoms in total. The Bertz CT molecular complexity index is 486. The van der Waals surface area contributed by atoms with Crippen molar-refractivity contribution in [1.29, 1.82) is 0 Å². The zero-order valence-electron chi connectivity index (χ0n) is 11.1. The minimum absolute atomic E-state index is 0.157. The summed E-state index contributed by atoms with van der Waals surface area (Å²) in [6.45, 7) is 2.01. The number of anilines is 1. The maximum Gasteiger partial charge on any atom is 0.235 e. The van der Waals surface area contributed by atoms with E-state index in [1.807, 2.05) is 0 Å². The van der Waals surface area contributed by atoms with E-state index in [1.165, 1.54) is 17.0 Å². The van der Waals surface area contributed by atoms with Crippen LogP contribution in [-0.2, 0) is 4.79 Å². The molecule has 1 N–H and O–H groups in total. The lowest BCUT2D eigenvalue weighted by atomic mass is 10.1. The number of benzene rings is 1. The van der Waals surface area contributed by atoms with Gasteiger partial charge in [-0.15, -0.1) is 0 Å². The van der Waals surface area contributed by atoms with Crippen LogP contribution in [0.2, 0.25) is 0 Å². The van der Waals surface area contributed by atoms with E-state index in [1.54, 1.807) is 20.0 Å². The minimum Gasteiger partial charge on any atom is -0.491 e. The summed E-state index contributed by atoms with van der Waals surface area (Å²) in [6, 6.07) is 4.42. The van der Waals surface area contributed by atoms with Crippen LogP contribution in [0, 0.1) is 11.2 Å². The Kier molecular flexibility index (Phi) is 3.75. The quantitative estimate of drug-likeness (QED) is 0.887. The Morgan fingerprint density at radius 3 is 2.68 bits per heavy atom. The molecule has 0 heterocycles. The molecule has 1 aromatic carbocycles. The van der Waals surface area contributed by atoms with Crippen LogP contribution in [-0.4, -0.2) is 31.3 Å². The fourth-order valence-corrected chi connectivity index (χ4v) is 2.03. The maximum absolute atomic E-state index is 13.7. The lowest BCUT2D eigenvalue weighted by Crippen LogP contribution is -2.36. The second kappa shape index (κ2) is 5.17. The first-order chi connectivity index (χ1) is 9.04. The van der Waals surface area contributed by atoms with Gasteiger partial charge in [0.2, 0.25) is 5.91 Å². The molecular formula is C14H18FNO3. The van der Waals surface area contributed by atoms with E-state index in [2.05, 4.69) is 0 Å². The third kappa shape index (κ3) is 2.56. The van der Waals surface area contributed by atoms with Gasteiger partial charge in [0.15, 0.2) is 11.6 Å². The van der Waals surface area contributed by atoms with E-state index in [-0.39, 0.29) is 18.3 Å². The van der Waals surface area contributed by atoms with Crippen LogP contribution in [0.3, 0.4) is 0 Å². The summed E-state index contributed by atoms with van der Waals surface area (Å²) in [6.07, 6.45) is 1.37. The number of hydrogen-bond donors (Lipinski definition) is 1. The van der Waals surface area contributed by atoms with E-state index in [0.29, 0.717) is 25.1 Å². The van der Waals surface area contributed by atoms with Crippen molar-refractivity contribution in [1.82, 2.24) is 0 Å². The van der Waals surface area contributed by atoms with Gasteiger partial charge in [0.1, 0.15) is 0 Å². The van der Waals surface area contributed by atoms with E-state index in [9.17, 15) is 14.3 Å². The summed E-state index contributed by atoms with van der Waals surface area (Å²) >= 11 is 0. The number of ether oxygens (including phenoxy) is 1. The van der Waals surface area contributed by atoms with Gasteiger partial charge in [0.25, 0.3) is 0 Å². The zero-order valence-corrected chi connectivity index (χ0v) is 11.1. The fraction of sp³-hybridized carbons (Fsp3) is 0.500. The Morgan fingerprint density at radius 1 is 1.53 bits per heavy atom. The molecule has 19 heavy (non-hydrogen) atoms. The van der Waals surface area contributed by atoms with Gasteiger partial charge in [-0.1, -0.05) is 0 Å². The number of rotatable bonds is 5. The van der Waals surface area contributed by atoms with Crippen molar-refractivity contribution in [3.63, 3.8) is 0 Å². The lowest BCUT2D eigenvalue weighted by molar-refractivity contribution is -0.124. The SMILES string of the molecule is CCOc1ccc(N(C)C(=O)C2(CO)CC2)cc1F. The molecule has 0 bridgehead atoms. The highest BCUT2D eigenvalue weighted by atomic mass is 19.1. The number of amides is 1. The Balaban J connectivity index is 2.18. The highest BCUT2D eigenvalue weighted by Crippen LogP contribution is 2.47. The van der Waals surface area contributed by atoms with Crippen molar-refractivity contribution < 1.29 is 19.0 Å². The van der Waals surface area contributed by atoms with Gasteiger partial charge in [-0.05, 0) is 31.9 Å². The molecule has 1 aliphatic rings.